The summed E-state index contributed by atoms with van der Waals surface area (Å²) in [4.78, 5) is 10.4. The molecule has 0 bridgehead atoms. The number of carbonyl (C=O) groups is 1. The van der Waals surface area contributed by atoms with Crippen molar-refractivity contribution in [2.24, 2.45) is 5.73 Å². The lowest BCUT2D eigenvalue weighted by atomic mass is 10.1. The van der Waals surface area contributed by atoms with Gasteiger partial charge in [0.15, 0.2) is 0 Å². The molecular formula is C12H16N2O2. The third-order valence-corrected chi connectivity index (χ3v) is 1.86. The predicted octanol–water partition coefficient (Wildman–Crippen LogP) is 1.54. The van der Waals surface area contributed by atoms with Crippen LogP contribution >= 0.6 is 0 Å². The lowest BCUT2D eigenvalue weighted by Crippen LogP contribution is -2.32. The van der Waals surface area contributed by atoms with E-state index in [2.05, 4.69) is 0 Å². The van der Waals surface area contributed by atoms with E-state index in [0.717, 1.165) is 5.56 Å². The Hall–Kier alpha value is -1.86. The minimum absolute atomic E-state index is 0.279. The summed E-state index contributed by atoms with van der Waals surface area (Å²) in [5.41, 5.74) is 6.73. The first-order chi connectivity index (χ1) is 7.63. The van der Waals surface area contributed by atoms with Crippen LogP contribution < -0.4 is 5.73 Å². The minimum atomic E-state index is -1.02. The number of rotatable bonds is 3. The summed E-state index contributed by atoms with van der Waals surface area (Å²) in [5.74, 6) is -1.02. The van der Waals surface area contributed by atoms with Gasteiger partial charge < -0.3 is 10.8 Å². The quantitative estimate of drug-likeness (QED) is 0.808. The first-order valence-corrected chi connectivity index (χ1v) is 5.11. The van der Waals surface area contributed by atoms with Crippen molar-refractivity contribution < 1.29 is 9.90 Å². The lowest BCUT2D eigenvalue weighted by molar-refractivity contribution is -0.138. The first-order valence-electron chi connectivity index (χ1n) is 5.11. The Balaban J connectivity index is 0.00000106. The van der Waals surface area contributed by atoms with E-state index in [0.29, 0.717) is 5.56 Å². The Bertz CT molecular complexity index is 366. The molecule has 1 atom stereocenters. The number of carboxylic acids is 1. The third-order valence-electron chi connectivity index (χ3n) is 1.86. The molecule has 4 heteroatoms. The molecule has 4 nitrogen and oxygen atoms in total. The van der Waals surface area contributed by atoms with Gasteiger partial charge in [0, 0.05) is 0 Å². The molecule has 16 heavy (non-hydrogen) atoms. The zero-order valence-corrected chi connectivity index (χ0v) is 9.47. The molecule has 0 amide bonds. The lowest BCUT2D eigenvalue weighted by Gasteiger charge is -2.05. The normalized spacial score (nSPS) is 10.6. The average Bonchev–Trinajstić information content (AvgIpc) is 2.32. The van der Waals surface area contributed by atoms with Gasteiger partial charge in [0.05, 0.1) is 11.6 Å². The Morgan fingerprint density at radius 1 is 1.44 bits per heavy atom. The highest BCUT2D eigenvalue weighted by atomic mass is 16.4. The molecule has 0 aromatic heterocycles. The van der Waals surface area contributed by atoms with E-state index in [1.807, 2.05) is 19.9 Å². The van der Waals surface area contributed by atoms with Crippen molar-refractivity contribution in [3.8, 4) is 6.07 Å². The number of hydrogen-bond donors (Lipinski definition) is 2. The SMILES string of the molecule is CC.N#Cc1ccc(CC(N)C(=O)O)cc1. The van der Waals surface area contributed by atoms with E-state index in [4.69, 9.17) is 16.1 Å². The molecule has 0 aliphatic rings. The molecule has 0 aliphatic carbocycles. The van der Waals surface area contributed by atoms with Gasteiger partial charge in [-0.2, -0.15) is 5.26 Å². The molecule has 0 saturated heterocycles. The second-order valence-electron chi connectivity index (χ2n) is 2.96. The number of nitrogens with two attached hydrogens (primary N) is 1. The maximum Gasteiger partial charge on any atom is 0.320 e. The number of nitrogens with zero attached hydrogens (tertiary/aromatic N) is 1. The summed E-state index contributed by atoms with van der Waals surface area (Å²) in [6, 6.07) is 7.80. The zero-order valence-electron chi connectivity index (χ0n) is 9.47. The van der Waals surface area contributed by atoms with Gasteiger partial charge in [0.2, 0.25) is 0 Å². The minimum Gasteiger partial charge on any atom is -0.480 e. The highest BCUT2D eigenvalue weighted by molar-refractivity contribution is 5.73. The van der Waals surface area contributed by atoms with Gasteiger partial charge in [-0.05, 0) is 24.1 Å². The van der Waals surface area contributed by atoms with Crippen LogP contribution in [0.25, 0.3) is 0 Å². The van der Waals surface area contributed by atoms with Crippen molar-refractivity contribution in [2.75, 3.05) is 0 Å². The number of aliphatic carboxylic acids is 1. The fourth-order valence-electron chi connectivity index (χ4n) is 1.06. The molecule has 86 valence electrons. The number of hydrogen-bond acceptors (Lipinski definition) is 3. The van der Waals surface area contributed by atoms with E-state index in [1.165, 1.54) is 0 Å². The number of carboxylic acid groups (broad SMARTS) is 1. The Morgan fingerprint density at radius 3 is 2.31 bits per heavy atom. The van der Waals surface area contributed by atoms with Crippen molar-refractivity contribution in [2.45, 2.75) is 26.3 Å². The van der Waals surface area contributed by atoms with E-state index in [-0.39, 0.29) is 6.42 Å². The zero-order chi connectivity index (χ0) is 12.6. The van der Waals surface area contributed by atoms with Crippen LogP contribution in [0.5, 0.6) is 0 Å². The van der Waals surface area contributed by atoms with Crippen LogP contribution in [0.3, 0.4) is 0 Å². The van der Waals surface area contributed by atoms with Crippen LogP contribution in [-0.4, -0.2) is 17.1 Å². The highest BCUT2D eigenvalue weighted by Gasteiger charge is 2.11. The third kappa shape index (κ3) is 4.58. The second kappa shape index (κ2) is 7.43. The van der Waals surface area contributed by atoms with Gasteiger partial charge >= 0.3 is 5.97 Å². The second-order valence-corrected chi connectivity index (χ2v) is 2.96. The van der Waals surface area contributed by atoms with Crippen molar-refractivity contribution in [1.82, 2.24) is 0 Å². The average molecular weight is 220 g/mol. The first kappa shape index (κ1) is 14.1. The molecule has 0 aliphatic heterocycles. The topological polar surface area (TPSA) is 87.1 Å². The van der Waals surface area contributed by atoms with Crippen LogP contribution in [0.4, 0.5) is 0 Å². The van der Waals surface area contributed by atoms with Gasteiger partial charge in [-0.25, -0.2) is 0 Å². The fraction of sp³-hybridized carbons (Fsp3) is 0.333. The summed E-state index contributed by atoms with van der Waals surface area (Å²) in [6.07, 6.45) is 0.279. The van der Waals surface area contributed by atoms with Crippen LogP contribution in [0.15, 0.2) is 24.3 Å². The molecular weight excluding hydrogens is 204 g/mol. The summed E-state index contributed by atoms with van der Waals surface area (Å²) in [7, 11) is 0. The summed E-state index contributed by atoms with van der Waals surface area (Å²) < 4.78 is 0. The smallest absolute Gasteiger partial charge is 0.320 e. The van der Waals surface area contributed by atoms with Crippen molar-refractivity contribution in [3.05, 3.63) is 35.4 Å². The molecule has 3 N–H and O–H groups in total. The standard InChI is InChI=1S/C10H10N2O2.C2H6/c11-6-8-3-1-7(2-4-8)5-9(12)10(13)14;1-2/h1-4,9H,5,12H2,(H,13,14);1-2H3. The predicted molar refractivity (Wildman–Crippen MR) is 61.8 cm³/mol. The van der Waals surface area contributed by atoms with Gasteiger partial charge in [0.1, 0.15) is 6.04 Å². The maximum absolute atomic E-state index is 10.4. The molecule has 0 radical (unpaired) electrons. The molecule has 0 spiro atoms. The van der Waals surface area contributed by atoms with E-state index < -0.39 is 12.0 Å². The van der Waals surface area contributed by atoms with Crippen LogP contribution in [-0.2, 0) is 11.2 Å². The molecule has 0 heterocycles. The van der Waals surface area contributed by atoms with Gasteiger partial charge in [-0.3, -0.25) is 4.79 Å². The maximum atomic E-state index is 10.4. The molecule has 0 fully saturated rings. The Kier molecular flexibility index (Phi) is 6.57. The van der Waals surface area contributed by atoms with Crippen molar-refractivity contribution in [3.63, 3.8) is 0 Å². The summed E-state index contributed by atoms with van der Waals surface area (Å²) >= 11 is 0. The summed E-state index contributed by atoms with van der Waals surface area (Å²) in [6.45, 7) is 4.00. The molecule has 1 rings (SSSR count). The number of benzene rings is 1. The molecule has 0 saturated carbocycles. The molecule has 1 unspecified atom stereocenters. The van der Waals surface area contributed by atoms with E-state index >= 15 is 0 Å². The number of nitriles is 1. The highest BCUT2D eigenvalue weighted by Crippen LogP contribution is 2.05. The van der Waals surface area contributed by atoms with Gasteiger partial charge in [-0.1, -0.05) is 26.0 Å². The van der Waals surface area contributed by atoms with E-state index in [9.17, 15) is 4.79 Å². The van der Waals surface area contributed by atoms with Crippen molar-refractivity contribution >= 4 is 5.97 Å². The monoisotopic (exact) mass is 220 g/mol. The molecule has 1 aromatic rings. The van der Waals surface area contributed by atoms with Gasteiger partial charge in [0.25, 0.3) is 0 Å². The van der Waals surface area contributed by atoms with E-state index in [1.54, 1.807) is 24.3 Å². The summed E-state index contributed by atoms with van der Waals surface area (Å²) in [5, 5.41) is 17.1. The van der Waals surface area contributed by atoms with Crippen LogP contribution in [0.1, 0.15) is 25.0 Å². The fourth-order valence-corrected chi connectivity index (χ4v) is 1.06. The van der Waals surface area contributed by atoms with Gasteiger partial charge in [-0.15, -0.1) is 0 Å². The Labute approximate surface area is 95.3 Å². The van der Waals surface area contributed by atoms with Crippen LogP contribution in [0.2, 0.25) is 0 Å². The van der Waals surface area contributed by atoms with Crippen molar-refractivity contribution in [1.29, 1.82) is 5.26 Å². The molecule has 1 aromatic carbocycles. The Morgan fingerprint density at radius 2 is 1.94 bits per heavy atom. The largest absolute Gasteiger partial charge is 0.480 e. The van der Waals surface area contributed by atoms with Crippen LogP contribution in [0, 0.1) is 11.3 Å².